The summed E-state index contributed by atoms with van der Waals surface area (Å²) in [6.45, 7) is 1.25. The molecule has 1 aliphatic rings. The van der Waals surface area contributed by atoms with Gasteiger partial charge in [-0.15, -0.1) is 11.6 Å². The average Bonchev–Trinajstić information content (AvgIpc) is 2.63. The van der Waals surface area contributed by atoms with Crippen molar-refractivity contribution < 1.29 is 4.79 Å². The number of H-pyrrole nitrogens is 1. The normalized spacial score (nSPS) is 22.7. The Kier molecular flexibility index (Phi) is 2.22. The van der Waals surface area contributed by atoms with Gasteiger partial charge >= 0.3 is 0 Å². The molecule has 1 unspecified atom stereocenters. The first-order chi connectivity index (χ1) is 6.25. The Morgan fingerprint density at radius 1 is 1.77 bits per heavy atom. The van der Waals surface area contributed by atoms with Crippen LogP contribution in [0.25, 0.3) is 0 Å². The second kappa shape index (κ2) is 3.38. The maximum Gasteiger partial charge on any atom is 0.224 e. The number of hydrogen-bond acceptors (Lipinski definition) is 2. The number of alkyl halides is 1. The molecule has 0 radical (unpaired) electrons. The van der Waals surface area contributed by atoms with Crippen molar-refractivity contribution in [2.24, 2.45) is 0 Å². The van der Waals surface area contributed by atoms with Gasteiger partial charge in [0.2, 0.25) is 5.91 Å². The highest BCUT2D eigenvalue weighted by molar-refractivity contribution is 6.22. The summed E-state index contributed by atoms with van der Waals surface area (Å²) in [5.74, 6) is 0.126. The summed E-state index contributed by atoms with van der Waals surface area (Å²) in [7, 11) is 0. The quantitative estimate of drug-likeness (QED) is 0.715. The van der Waals surface area contributed by atoms with E-state index in [0.717, 1.165) is 5.56 Å². The third-order valence-corrected chi connectivity index (χ3v) is 2.39. The first-order valence-electron chi connectivity index (χ1n) is 4.15. The number of aromatic nitrogens is 2. The first-order valence-corrected chi connectivity index (χ1v) is 4.59. The van der Waals surface area contributed by atoms with Crippen LogP contribution in [0.15, 0.2) is 12.4 Å². The zero-order valence-electron chi connectivity index (χ0n) is 7.03. The van der Waals surface area contributed by atoms with Gasteiger partial charge in [0.25, 0.3) is 0 Å². The van der Waals surface area contributed by atoms with Gasteiger partial charge in [-0.25, -0.2) is 0 Å². The molecule has 1 saturated heterocycles. The largest absolute Gasteiger partial charge is 0.337 e. The van der Waals surface area contributed by atoms with Gasteiger partial charge in [0.1, 0.15) is 0 Å². The van der Waals surface area contributed by atoms with E-state index in [0.29, 0.717) is 19.5 Å². The molecule has 13 heavy (non-hydrogen) atoms. The zero-order chi connectivity index (χ0) is 9.26. The Balaban J connectivity index is 1.99. The number of rotatable bonds is 2. The van der Waals surface area contributed by atoms with Crippen LogP contribution in [0.1, 0.15) is 12.0 Å². The molecule has 70 valence electrons. The van der Waals surface area contributed by atoms with E-state index in [1.165, 1.54) is 0 Å². The topological polar surface area (TPSA) is 49.0 Å². The predicted molar refractivity (Wildman–Crippen MR) is 48.3 cm³/mol. The van der Waals surface area contributed by atoms with Crippen molar-refractivity contribution in [1.29, 1.82) is 0 Å². The Hall–Kier alpha value is -1.03. The van der Waals surface area contributed by atoms with E-state index in [2.05, 4.69) is 10.2 Å². The minimum Gasteiger partial charge on any atom is -0.337 e. The molecule has 1 N–H and O–H groups in total. The molecule has 1 aliphatic heterocycles. The molecule has 0 saturated carbocycles. The van der Waals surface area contributed by atoms with E-state index in [1.54, 1.807) is 17.3 Å². The number of aromatic amines is 1. The molecule has 0 aliphatic carbocycles. The predicted octanol–water partition coefficient (Wildman–Crippen LogP) is 0.749. The Labute approximate surface area is 80.9 Å². The fourth-order valence-corrected chi connectivity index (χ4v) is 1.76. The van der Waals surface area contributed by atoms with Crippen LogP contribution >= 0.6 is 11.6 Å². The number of hydrogen-bond donors (Lipinski definition) is 1. The monoisotopic (exact) mass is 199 g/mol. The van der Waals surface area contributed by atoms with E-state index in [1.807, 2.05) is 0 Å². The number of carbonyl (C=O) groups is 1. The van der Waals surface area contributed by atoms with Crippen molar-refractivity contribution in [2.75, 3.05) is 6.54 Å². The third-order valence-electron chi connectivity index (χ3n) is 2.10. The van der Waals surface area contributed by atoms with Gasteiger partial charge in [-0.3, -0.25) is 9.89 Å². The zero-order valence-corrected chi connectivity index (χ0v) is 7.79. The number of nitrogens with zero attached hydrogens (tertiary/aromatic N) is 2. The lowest BCUT2D eigenvalue weighted by Gasteiger charge is -2.13. The SMILES string of the molecule is O=C1CC(Cl)CN1Cc1cn[nH]c1. The number of halogens is 1. The molecule has 1 aromatic rings. The highest BCUT2D eigenvalue weighted by atomic mass is 35.5. The van der Waals surface area contributed by atoms with Gasteiger partial charge in [0.05, 0.1) is 11.6 Å². The van der Waals surface area contributed by atoms with Crippen LogP contribution < -0.4 is 0 Å². The van der Waals surface area contributed by atoms with Crippen LogP contribution in [0.2, 0.25) is 0 Å². The molecular formula is C8H10ClN3O. The smallest absolute Gasteiger partial charge is 0.224 e. The molecule has 1 aromatic heterocycles. The van der Waals surface area contributed by atoms with Crippen molar-refractivity contribution >= 4 is 17.5 Å². The molecule has 5 heteroatoms. The second-order valence-electron chi connectivity index (χ2n) is 3.18. The fourth-order valence-electron chi connectivity index (χ4n) is 1.46. The maximum absolute atomic E-state index is 11.3. The summed E-state index contributed by atoms with van der Waals surface area (Å²) in [4.78, 5) is 13.1. The molecule has 0 bridgehead atoms. The summed E-state index contributed by atoms with van der Waals surface area (Å²) in [5.41, 5.74) is 1.01. The first kappa shape index (κ1) is 8.56. The standard InChI is InChI=1S/C8H10ClN3O/c9-7-1-8(13)12(5-7)4-6-2-10-11-3-6/h2-3,7H,1,4-5H2,(H,10,11). The van der Waals surface area contributed by atoms with Crippen molar-refractivity contribution in [2.45, 2.75) is 18.3 Å². The van der Waals surface area contributed by atoms with Crippen LogP contribution in [-0.4, -0.2) is 32.9 Å². The number of carbonyl (C=O) groups excluding carboxylic acids is 1. The molecule has 1 fully saturated rings. The number of amides is 1. The van der Waals surface area contributed by atoms with E-state index in [4.69, 9.17) is 11.6 Å². The van der Waals surface area contributed by atoms with Gasteiger partial charge < -0.3 is 4.90 Å². The van der Waals surface area contributed by atoms with Crippen LogP contribution in [0, 0.1) is 0 Å². The van der Waals surface area contributed by atoms with E-state index in [-0.39, 0.29) is 11.3 Å². The molecule has 2 rings (SSSR count). The van der Waals surface area contributed by atoms with E-state index < -0.39 is 0 Å². The molecular weight excluding hydrogens is 190 g/mol. The van der Waals surface area contributed by atoms with Gasteiger partial charge in [0.15, 0.2) is 0 Å². The number of likely N-dealkylation sites (tertiary alicyclic amines) is 1. The minimum atomic E-state index is -0.0283. The van der Waals surface area contributed by atoms with Crippen LogP contribution in [0.4, 0.5) is 0 Å². The summed E-state index contributed by atoms with van der Waals surface area (Å²) in [6.07, 6.45) is 3.96. The molecule has 2 heterocycles. The third kappa shape index (κ3) is 1.83. The summed E-state index contributed by atoms with van der Waals surface area (Å²) in [6, 6.07) is 0. The van der Waals surface area contributed by atoms with Gasteiger partial charge in [-0.2, -0.15) is 5.10 Å². The highest BCUT2D eigenvalue weighted by Crippen LogP contribution is 2.18. The lowest BCUT2D eigenvalue weighted by Crippen LogP contribution is -2.24. The van der Waals surface area contributed by atoms with Crippen LogP contribution in [0.5, 0.6) is 0 Å². The Morgan fingerprint density at radius 2 is 2.62 bits per heavy atom. The minimum absolute atomic E-state index is 0.0283. The summed E-state index contributed by atoms with van der Waals surface area (Å²) < 4.78 is 0. The van der Waals surface area contributed by atoms with Crippen molar-refractivity contribution in [1.82, 2.24) is 15.1 Å². The molecule has 1 amide bonds. The average molecular weight is 200 g/mol. The fraction of sp³-hybridized carbons (Fsp3) is 0.500. The maximum atomic E-state index is 11.3. The van der Waals surface area contributed by atoms with Crippen molar-refractivity contribution in [3.05, 3.63) is 18.0 Å². The van der Waals surface area contributed by atoms with Gasteiger partial charge in [-0.1, -0.05) is 0 Å². The van der Waals surface area contributed by atoms with E-state index in [9.17, 15) is 4.79 Å². The highest BCUT2D eigenvalue weighted by Gasteiger charge is 2.27. The second-order valence-corrected chi connectivity index (χ2v) is 3.80. The molecule has 4 nitrogen and oxygen atoms in total. The van der Waals surface area contributed by atoms with Crippen LogP contribution in [-0.2, 0) is 11.3 Å². The lowest BCUT2D eigenvalue weighted by atomic mass is 10.3. The van der Waals surface area contributed by atoms with Crippen molar-refractivity contribution in [3.63, 3.8) is 0 Å². The lowest BCUT2D eigenvalue weighted by molar-refractivity contribution is -0.128. The summed E-state index contributed by atoms with van der Waals surface area (Å²) >= 11 is 5.86. The Morgan fingerprint density at radius 3 is 3.15 bits per heavy atom. The van der Waals surface area contributed by atoms with E-state index >= 15 is 0 Å². The van der Waals surface area contributed by atoms with Crippen LogP contribution in [0.3, 0.4) is 0 Å². The molecule has 0 spiro atoms. The number of nitrogens with one attached hydrogen (secondary N) is 1. The van der Waals surface area contributed by atoms with Crippen molar-refractivity contribution in [3.8, 4) is 0 Å². The van der Waals surface area contributed by atoms with Gasteiger partial charge in [-0.05, 0) is 0 Å². The Bertz CT molecular complexity index is 298. The molecule has 0 aromatic carbocycles. The summed E-state index contributed by atoms with van der Waals surface area (Å²) in [5, 5.41) is 6.49. The van der Waals surface area contributed by atoms with Gasteiger partial charge in [0, 0.05) is 31.3 Å². The molecule has 1 atom stereocenters.